The Morgan fingerprint density at radius 3 is 2.10 bits per heavy atom. The molecule has 1 aliphatic heterocycles. The second kappa shape index (κ2) is 9.87. The van der Waals surface area contributed by atoms with Crippen LogP contribution in [0.2, 0.25) is 0 Å². The summed E-state index contributed by atoms with van der Waals surface area (Å²) < 4.78 is 0. The molecule has 1 heterocycles. The van der Waals surface area contributed by atoms with Gasteiger partial charge in [0.1, 0.15) is 0 Å². The van der Waals surface area contributed by atoms with Gasteiger partial charge < -0.3 is 15.1 Å². The second-order valence-corrected chi connectivity index (χ2v) is 7.26. The lowest BCUT2D eigenvalue weighted by Crippen LogP contribution is -2.50. The number of amides is 3. The molecule has 1 saturated heterocycles. The van der Waals surface area contributed by atoms with Crippen LogP contribution in [-0.4, -0.2) is 60.2 Å². The first kappa shape index (κ1) is 20.6. The molecule has 2 aromatic carbocycles. The standard InChI is InChI=1S/C23H27N3O3/c1-18-9-11-20(12-10-18)23(29)26-16-14-25(15-17-26)21(27)8-5-13-24-22(28)19-6-3-2-4-7-19/h2-4,6-7,9-12H,5,8,13-17H2,1H3,(H,24,28). The highest BCUT2D eigenvalue weighted by Gasteiger charge is 2.24. The smallest absolute Gasteiger partial charge is 0.253 e. The van der Waals surface area contributed by atoms with Crippen molar-refractivity contribution in [2.45, 2.75) is 19.8 Å². The van der Waals surface area contributed by atoms with Crippen LogP contribution in [0.1, 0.15) is 39.1 Å². The molecule has 0 spiro atoms. The third-order valence-electron chi connectivity index (χ3n) is 5.11. The molecule has 0 aliphatic carbocycles. The van der Waals surface area contributed by atoms with E-state index >= 15 is 0 Å². The first-order valence-electron chi connectivity index (χ1n) is 10.0. The highest BCUT2D eigenvalue weighted by molar-refractivity contribution is 5.94. The maximum absolute atomic E-state index is 12.6. The molecule has 6 nitrogen and oxygen atoms in total. The Bertz CT molecular complexity index is 841. The van der Waals surface area contributed by atoms with Gasteiger partial charge in [0.15, 0.2) is 0 Å². The average molecular weight is 393 g/mol. The summed E-state index contributed by atoms with van der Waals surface area (Å²) in [4.78, 5) is 40.6. The van der Waals surface area contributed by atoms with E-state index in [1.807, 2.05) is 49.4 Å². The summed E-state index contributed by atoms with van der Waals surface area (Å²) in [6, 6.07) is 16.6. The minimum atomic E-state index is -0.124. The van der Waals surface area contributed by atoms with Gasteiger partial charge in [-0.05, 0) is 37.6 Å². The predicted molar refractivity (Wildman–Crippen MR) is 112 cm³/mol. The summed E-state index contributed by atoms with van der Waals surface area (Å²) in [6.07, 6.45) is 0.987. The Hall–Kier alpha value is -3.15. The van der Waals surface area contributed by atoms with Crippen molar-refractivity contribution in [3.05, 3.63) is 71.3 Å². The molecule has 1 fully saturated rings. The SMILES string of the molecule is Cc1ccc(C(=O)N2CCN(C(=O)CCCNC(=O)c3ccccc3)CC2)cc1. The minimum Gasteiger partial charge on any atom is -0.352 e. The summed E-state index contributed by atoms with van der Waals surface area (Å²) in [5.74, 6) is -0.0385. The number of aryl methyl sites for hydroxylation is 1. The highest BCUT2D eigenvalue weighted by Crippen LogP contribution is 2.11. The fourth-order valence-corrected chi connectivity index (χ4v) is 3.33. The van der Waals surface area contributed by atoms with Crippen molar-refractivity contribution in [3.63, 3.8) is 0 Å². The fourth-order valence-electron chi connectivity index (χ4n) is 3.33. The molecular weight excluding hydrogens is 366 g/mol. The van der Waals surface area contributed by atoms with Crippen molar-refractivity contribution in [2.24, 2.45) is 0 Å². The molecule has 29 heavy (non-hydrogen) atoms. The minimum absolute atomic E-state index is 0.0146. The number of nitrogens with zero attached hydrogens (tertiary/aromatic N) is 2. The number of hydrogen-bond donors (Lipinski definition) is 1. The molecule has 1 N–H and O–H groups in total. The Labute approximate surface area is 171 Å². The quantitative estimate of drug-likeness (QED) is 0.767. The summed E-state index contributed by atoms with van der Waals surface area (Å²) in [5.41, 5.74) is 2.43. The van der Waals surface area contributed by atoms with Crippen molar-refractivity contribution < 1.29 is 14.4 Å². The Kier molecular flexibility index (Phi) is 7.00. The fraction of sp³-hybridized carbons (Fsp3) is 0.348. The van der Waals surface area contributed by atoms with Gasteiger partial charge in [0, 0.05) is 50.3 Å². The molecule has 152 valence electrons. The summed E-state index contributed by atoms with van der Waals surface area (Å²) in [7, 11) is 0. The van der Waals surface area contributed by atoms with Gasteiger partial charge in [-0.1, -0.05) is 35.9 Å². The van der Waals surface area contributed by atoms with Crippen molar-refractivity contribution in [1.29, 1.82) is 0 Å². The number of benzene rings is 2. The van der Waals surface area contributed by atoms with E-state index in [9.17, 15) is 14.4 Å². The molecule has 3 amide bonds. The molecule has 0 radical (unpaired) electrons. The molecule has 0 atom stereocenters. The summed E-state index contributed by atoms with van der Waals surface area (Å²) in [6.45, 7) is 4.64. The van der Waals surface area contributed by atoms with Gasteiger partial charge in [0.2, 0.25) is 5.91 Å². The number of hydrogen-bond acceptors (Lipinski definition) is 3. The van der Waals surface area contributed by atoms with E-state index in [1.54, 1.807) is 21.9 Å². The van der Waals surface area contributed by atoms with E-state index in [-0.39, 0.29) is 17.7 Å². The van der Waals surface area contributed by atoms with Crippen LogP contribution in [0.5, 0.6) is 0 Å². The molecule has 1 aliphatic rings. The van der Waals surface area contributed by atoms with Gasteiger partial charge in [0.25, 0.3) is 11.8 Å². The first-order chi connectivity index (χ1) is 14.0. The third kappa shape index (κ3) is 5.67. The van der Waals surface area contributed by atoms with Crippen LogP contribution in [0.25, 0.3) is 0 Å². The van der Waals surface area contributed by atoms with Crippen LogP contribution < -0.4 is 5.32 Å². The lowest BCUT2D eigenvalue weighted by Gasteiger charge is -2.35. The van der Waals surface area contributed by atoms with Crippen LogP contribution in [-0.2, 0) is 4.79 Å². The van der Waals surface area contributed by atoms with Crippen LogP contribution in [0, 0.1) is 6.92 Å². The van der Waals surface area contributed by atoms with Crippen molar-refractivity contribution in [3.8, 4) is 0 Å². The monoisotopic (exact) mass is 393 g/mol. The number of carbonyl (C=O) groups excluding carboxylic acids is 3. The maximum atomic E-state index is 12.6. The van der Waals surface area contributed by atoms with E-state index < -0.39 is 0 Å². The lowest BCUT2D eigenvalue weighted by molar-refractivity contribution is -0.132. The molecular formula is C23H27N3O3. The molecule has 3 rings (SSSR count). The summed E-state index contributed by atoms with van der Waals surface area (Å²) >= 11 is 0. The third-order valence-corrected chi connectivity index (χ3v) is 5.11. The number of piperazine rings is 1. The average Bonchev–Trinajstić information content (AvgIpc) is 2.77. The van der Waals surface area contributed by atoms with E-state index in [0.717, 1.165) is 5.56 Å². The number of nitrogens with one attached hydrogen (secondary N) is 1. The molecule has 0 bridgehead atoms. The van der Waals surface area contributed by atoms with Gasteiger partial charge in [-0.2, -0.15) is 0 Å². The molecule has 0 aromatic heterocycles. The Morgan fingerprint density at radius 2 is 1.45 bits per heavy atom. The van der Waals surface area contributed by atoms with Gasteiger partial charge in [-0.3, -0.25) is 14.4 Å². The zero-order valence-corrected chi connectivity index (χ0v) is 16.8. The molecule has 6 heteroatoms. The zero-order chi connectivity index (χ0) is 20.6. The van der Waals surface area contributed by atoms with E-state index in [4.69, 9.17) is 0 Å². The van der Waals surface area contributed by atoms with Crippen LogP contribution in [0.3, 0.4) is 0 Å². The maximum Gasteiger partial charge on any atom is 0.253 e. The predicted octanol–water partition coefficient (Wildman–Crippen LogP) is 2.49. The largest absolute Gasteiger partial charge is 0.352 e. The van der Waals surface area contributed by atoms with Crippen molar-refractivity contribution in [2.75, 3.05) is 32.7 Å². The van der Waals surface area contributed by atoms with Crippen LogP contribution >= 0.6 is 0 Å². The second-order valence-electron chi connectivity index (χ2n) is 7.26. The zero-order valence-electron chi connectivity index (χ0n) is 16.8. The van der Waals surface area contributed by atoms with Crippen LogP contribution in [0.15, 0.2) is 54.6 Å². The van der Waals surface area contributed by atoms with Gasteiger partial charge in [0.05, 0.1) is 0 Å². The van der Waals surface area contributed by atoms with Crippen LogP contribution in [0.4, 0.5) is 0 Å². The molecule has 0 unspecified atom stereocenters. The highest BCUT2D eigenvalue weighted by atomic mass is 16.2. The van der Waals surface area contributed by atoms with Gasteiger partial charge >= 0.3 is 0 Å². The summed E-state index contributed by atoms with van der Waals surface area (Å²) in [5, 5.41) is 2.84. The Balaban J connectivity index is 1.37. The lowest BCUT2D eigenvalue weighted by atomic mass is 10.1. The van der Waals surface area contributed by atoms with E-state index in [0.29, 0.717) is 56.7 Å². The van der Waals surface area contributed by atoms with Gasteiger partial charge in [-0.15, -0.1) is 0 Å². The van der Waals surface area contributed by atoms with Crippen molar-refractivity contribution >= 4 is 17.7 Å². The number of carbonyl (C=O) groups is 3. The first-order valence-corrected chi connectivity index (χ1v) is 10.0. The normalized spacial score (nSPS) is 13.8. The Morgan fingerprint density at radius 1 is 0.828 bits per heavy atom. The molecule has 2 aromatic rings. The van der Waals surface area contributed by atoms with E-state index in [2.05, 4.69) is 5.32 Å². The van der Waals surface area contributed by atoms with E-state index in [1.165, 1.54) is 0 Å². The van der Waals surface area contributed by atoms with Gasteiger partial charge in [-0.25, -0.2) is 0 Å². The number of rotatable bonds is 6. The molecule has 0 saturated carbocycles. The topological polar surface area (TPSA) is 69.7 Å². The van der Waals surface area contributed by atoms with Crippen molar-refractivity contribution in [1.82, 2.24) is 15.1 Å².